The molecular formula is C23H34N2O4. The van der Waals surface area contributed by atoms with Crippen molar-refractivity contribution in [2.45, 2.75) is 78.0 Å². The second-order valence-corrected chi connectivity index (χ2v) is 9.24. The summed E-state index contributed by atoms with van der Waals surface area (Å²) in [5.41, 5.74) is 1.61. The number of ether oxygens (including phenoxy) is 2. The van der Waals surface area contributed by atoms with Gasteiger partial charge in [0, 0.05) is 13.1 Å². The SMILES string of the molecule is Cc1ccc(C)c(OCC(=O)N2CCCC2C2CCCN2C(=O)OC(C)(C)C)c1. The minimum absolute atomic E-state index is 0.00977. The lowest BCUT2D eigenvalue weighted by Crippen LogP contribution is -2.51. The van der Waals surface area contributed by atoms with Crippen molar-refractivity contribution in [3.05, 3.63) is 29.3 Å². The highest BCUT2D eigenvalue weighted by Gasteiger charge is 2.42. The number of nitrogens with zero attached hydrogens (tertiary/aromatic N) is 2. The zero-order chi connectivity index (χ0) is 21.2. The molecule has 2 unspecified atom stereocenters. The largest absolute Gasteiger partial charge is 0.483 e. The van der Waals surface area contributed by atoms with Crippen molar-refractivity contribution in [2.24, 2.45) is 0 Å². The van der Waals surface area contributed by atoms with Gasteiger partial charge in [0.05, 0.1) is 12.1 Å². The molecule has 1 aromatic carbocycles. The number of hydrogen-bond donors (Lipinski definition) is 0. The number of aryl methyl sites for hydroxylation is 2. The van der Waals surface area contributed by atoms with Crippen LogP contribution in [0.4, 0.5) is 4.79 Å². The summed E-state index contributed by atoms with van der Waals surface area (Å²) < 4.78 is 11.4. The van der Waals surface area contributed by atoms with Crippen LogP contribution in [0.25, 0.3) is 0 Å². The van der Waals surface area contributed by atoms with E-state index in [0.29, 0.717) is 6.54 Å². The van der Waals surface area contributed by atoms with Gasteiger partial charge in [-0.3, -0.25) is 4.79 Å². The van der Waals surface area contributed by atoms with Crippen molar-refractivity contribution in [1.82, 2.24) is 9.80 Å². The highest BCUT2D eigenvalue weighted by molar-refractivity contribution is 5.79. The van der Waals surface area contributed by atoms with Gasteiger partial charge in [0.2, 0.25) is 0 Å². The lowest BCUT2D eigenvalue weighted by atomic mass is 10.0. The van der Waals surface area contributed by atoms with Crippen LogP contribution >= 0.6 is 0 Å². The van der Waals surface area contributed by atoms with Gasteiger partial charge in [-0.2, -0.15) is 0 Å². The summed E-state index contributed by atoms with van der Waals surface area (Å²) in [5.74, 6) is 0.745. The molecule has 29 heavy (non-hydrogen) atoms. The normalized spacial score (nSPS) is 22.1. The van der Waals surface area contributed by atoms with Crippen LogP contribution in [0.2, 0.25) is 0 Å². The van der Waals surface area contributed by atoms with Gasteiger partial charge in [-0.05, 0) is 77.5 Å². The fraction of sp³-hybridized carbons (Fsp3) is 0.652. The summed E-state index contributed by atoms with van der Waals surface area (Å²) in [6, 6.07) is 6.07. The third-order valence-corrected chi connectivity index (χ3v) is 5.69. The molecule has 6 nitrogen and oxygen atoms in total. The Bertz CT molecular complexity index is 756. The highest BCUT2D eigenvalue weighted by Crippen LogP contribution is 2.31. The van der Waals surface area contributed by atoms with E-state index in [0.717, 1.165) is 49.1 Å². The van der Waals surface area contributed by atoms with Gasteiger partial charge >= 0.3 is 6.09 Å². The van der Waals surface area contributed by atoms with E-state index in [9.17, 15) is 9.59 Å². The smallest absolute Gasteiger partial charge is 0.410 e. The Morgan fingerprint density at radius 1 is 1.03 bits per heavy atom. The van der Waals surface area contributed by atoms with Crippen LogP contribution in [0.1, 0.15) is 57.6 Å². The molecule has 0 bridgehead atoms. The van der Waals surface area contributed by atoms with Crippen LogP contribution in [0.15, 0.2) is 18.2 Å². The molecule has 0 spiro atoms. The molecule has 2 amide bonds. The van der Waals surface area contributed by atoms with Crippen LogP contribution in [0.5, 0.6) is 5.75 Å². The van der Waals surface area contributed by atoms with Gasteiger partial charge in [0.25, 0.3) is 5.91 Å². The molecule has 0 radical (unpaired) electrons. The van der Waals surface area contributed by atoms with Crippen LogP contribution in [-0.4, -0.2) is 59.2 Å². The summed E-state index contributed by atoms with van der Waals surface area (Å²) in [6.45, 7) is 11.1. The van der Waals surface area contributed by atoms with Crippen molar-refractivity contribution in [2.75, 3.05) is 19.7 Å². The van der Waals surface area contributed by atoms with Crippen LogP contribution in [-0.2, 0) is 9.53 Å². The molecule has 2 saturated heterocycles. The molecule has 0 saturated carbocycles. The van der Waals surface area contributed by atoms with Crippen molar-refractivity contribution < 1.29 is 19.1 Å². The van der Waals surface area contributed by atoms with E-state index in [1.807, 2.05) is 62.6 Å². The fourth-order valence-corrected chi connectivity index (χ4v) is 4.33. The van der Waals surface area contributed by atoms with Crippen molar-refractivity contribution in [3.8, 4) is 5.75 Å². The first-order valence-electron chi connectivity index (χ1n) is 10.6. The van der Waals surface area contributed by atoms with E-state index in [4.69, 9.17) is 9.47 Å². The minimum atomic E-state index is -0.519. The standard InChI is InChI=1S/C23H34N2O4/c1-16-10-11-17(2)20(14-16)28-15-21(26)24-12-6-8-18(24)19-9-7-13-25(19)22(27)29-23(3,4)5/h10-11,14,18-19H,6-9,12-13,15H2,1-5H3. The lowest BCUT2D eigenvalue weighted by Gasteiger charge is -2.35. The molecular weight excluding hydrogens is 368 g/mol. The van der Waals surface area contributed by atoms with Gasteiger partial charge < -0.3 is 19.3 Å². The van der Waals surface area contributed by atoms with Crippen molar-refractivity contribution in [3.63, 3.8) is 0 Å². The van der Waals surface area contributed by atoms with Gasteiger partial charge in [0.15, 0.2) is 6.61 Å². The Morgan fingerprint density at radius 3 is 2.31 bits per heavy atom. The number of likely N-dealkylation sites (tertiary alicyclic amines) is 2. The zero-order valence-corrected chi connectivity index (χ0v) is 18.4. The highest BCUT2D eigenvalue weighted by atomic mass is 16.6. The quantitative estimate of drug-likeness (QED) is 0.762. The predicted molar refractivity (Wildman–Crippen MR) is 112 cm³/mol. The lowest BCUT2D eigenvalue weighted by molar-refractivity contribution is -0.135. The second kappa shape index (κ2) is 8.64. The maximum Gasteiger partial charge on any atom is 0.410 e. The first-order valence-corrected chi connectivity index (χ1v) is 10.6. The van der Waals surface area contributed by atoms with Crippen molar-refractivity contribution >= 4 is 12.0 Å². The molecule has 2 atom stereocenters. The number of amides is 2. The fourth-order valence-electron chi connectivity index (χ4n) is 4.33. The zero-order valence-electron chi connectivity index (χ0n) is 18.4. The molecule has 6 heteroatoms. The Labute approximate surface area is 174 Å². The Balaban J connectivity index is 1.64. The molecule has 2 heterocycles. The van der Waals surface area contributed by atoms with E-state index in [2.05, 4.69) is 0 Å². The first-order chi connectivity index (χ1) is 13.7. The average molecular weight is 403 g/mol. The first kappa shape index (κ1) is 21.5. The monoisotopic (exact) mass is 402 g/mol. The molecule has 2 aliphatic rings. The summed E-state index contributed by atoms with van der Waals surface area (Å²) in [4.78, 5) is 29.4. The average Bonchev–Trinajstić information content (AvgIpc) is 3.29. The van der Waals surface area contributed by atoms with E-state index in [1.54, 1.807) is 0 Å². The molecule has 0 aliphatic carbocycles. The molecule has 0 N–H and O–H groups in total. The molecule has 2 aliphatic heterocycles. The summed E-state index contributed by atoms with van der Waals surface area (Å²) in [6.07, 6.45) is 3.45. The van der Waals surface area contributed by atoms with Crippen LogP contribution in [0, 0.1) is 13.8 Å². The third-order valence-electron chi connectivity index (χ3n) is 5.69. The summed E-state index contributed by atoms with van der Waals surface area (Å²) in [5, 5.41) is 0. The van der Waals surface area contributed by atoms with E-state index in [-0.39, 0.29) is 30.7 Å². The van der Waals surface area contributed by atoms with Gasteiger partial charge in [-0.25, -0.2) is 4.79 Å². The maximum atomic E-state index is 13.0. The van der Waals surface area contributed by atoms with Crippen LogP contribution < -0.4 is 4.74 Å². The Kier molecular flexibility index (Phi) is 6.39. The predicted octanol–water partition coefficient (Wildman–Crippen LogP) is 4.07. The summed E-state index contributed by atoms with van der Waals surface area (Å²) in [7, 11) is 0. The van der Waals surface area contributed by atoms with Gasteiger partial charge in [-0.15, -0.1) is 0 Å². The second-order valence-electron chi connectivity index (χ2n) is 9.24. The van der Waals surface area contributed by atoms with E-state index < -0.39 is 5.60 Å². The molecule has 0 aromatic heterocycles. The number of rotatable bonds is 4. The third kappa shape index (κ3) is 5.22. The molecule has 160 valence electrons. The van der Waals surface area contributed by atoms with E-state index in [1.165, 1.54) is 0 Å². The maximum absolute atomic E-state index is 13.0. The molecule has 3 rings (SSSR count). The summed E-state index contributed by atoms with van der Waals surface area (Å²) >= 11 is 0. The Hall–Kier alpha value is -2.24. The minimum Gasteiger partial charge on any atom is -0.483 e. The number of carbonyl (C=O) groups excluding carboxylic acids is 2. The number of hydrogen-bond acceptors (Lipinski definition) is 4. The van der Waals surface area contributed by atoms with Gasteiger partial charge in [0.1, 0.15) is 11.4 Å². The van der Waals surface area contributed by atoms with E-state index >= 15 is 0 Å². The Morgan fingerprint density at radius 2 is 1.66 bits per heavy atom. The molecule has 2 fully saturated rings. The van der Waals surface area contributed by atoms with Crippen molar-refractivity contribution in [1.29, 1.82) is 0 Å². The molecule has 1 aromatic rings. The number of benzene rings is 1. The van der Waals surface area contributed by atoms with Gasteiger partial charge in [-0.1, -0.05) is 12.1 Å². The van der Waals surface area contributed by atoms with Crippen LogP contribution in [0.3, 0.4) is 0 Å². The number of carbonyl (C=O) groups is 2. The topological polar surface area (TPSA) is 59.1 Å².